The van der Waals surface area contributed by atoms with Gasteiger partial charge in [-0.2, -0.15) is 0 Å². The first-order chi connectivity index (χ1) is 9.40. The van der Waals surface area contributed by atoms with Gasteiger partial charge in [-0.3, -0.25) is 4.72 Å². The Kier molecular flexibility index (Phi) is 3.86. The summed E-state index contributed by atoms with van der Waals surface area (Å²) < 4.78 is 26.4. The van der Waals surface area contributed by atoms with Gasteiger partial charge >= 0.3 is 5.97 Å². The lowest BCUT2D eigenvalue weighted by Gasteiger charge is -2.08. The molecule has 1 aromatic heterocycles. The van der Waals surface area contributed by atoms with Crippen molar-refractivity contribution in [1.82, 2.24) is 9.97 Å². The molecule has 0 radical (unpaired) electrons. The molecular formula is C11H8ClN3O4S. The van der Waals surface area contributed by atoms with Crippen molar-refractivity contribution < 1.29 is 18.3 Å². The third kappa shape index (κ3) is 3.03. The number of halogens is 1. The molecule has 0 spiro atoms. The number of aromatic nitrogens is 2. The Bertz CT molecular complexity index is 750. The van der Waals surface area contributed by atoms with Crippen molar-refractivity contribution in [1.29, 1.82) is 0 Å². The largest absolute Gasteiger partial charge is 0.478 e. The van der Waals surface area contributed by atoms with Crippen molar-refractivity contribution in [3.8, 4) is 0 Å². The molecule has 2 N–H and O–H groups in total. The molecule has 0 bridgehead atoms. The Morgan fingerprint density at radius 1 is 1.25 bits per heavy atom. The lowest BCUT2D eigenvalue weighted by atomic mass is 10.2. The van der Waals surface area contributed by atoms with Crippen LogP contribution in [-0.2, 0) is 10.0 Å². The van der Waals surface area contributed by atoms with E-state index in [-0.39, 0.29) is 21.2 Å². The molecule has 1 aromatic carbocycles. The third-order valence-electron chi connectivity index (χ3n) is 2.29. The highest BCUT2D eigenvalue weighted by atomic mass is 35.5. The zero-order valence-electron chi connectivity index (χ0n) is 9.82. The Balaban J connectivity index is 2.35. The molecule has 0 unspecified atom stereocenters. The van der Waals surface area contributed by atoms with Crippen LogP contribution in [0, 0.1) is 0 Å². The van der Waals surface area contributed by atoms with Gasteiger partial charge in [-0.1, -0.05) is 11.6 Å². The van der Waals surface area contributed by atoms with E-state index in [0.717, 1.165) is 18.2 Å². The molecule has 7 nitrogen and oxygen atoms in total. The molecule has 0 aliphatic heterocycles. The summed E-state index contributed by atoms with van der Waals surface area (Å²) in [6.07, 6.45) is 3.84. The quantitative estimate of drug-likeness (QED) is 0.887. The second kappa shape index (κ2) is 5.43. The number of nitrogens with zero attached hydrogens (tertiary/aromatic N) is 2. The number of rotatable bonds is 4. The number of nitrogens with one attached hydrogen (secondary N) is 1. The summed E-state index contributed by atoms with van der Waals surface area (Å²) in [4.78, 5) is 18.0. The molecule has 20 heavy (non-hydrogen) atoms. The number of sulfonamides is 1. The summed E-state index contributed by atoms with van der Waals surface area (Å²) in [6.45, 7) is 0. The van der Waals surface area contributed by atoms with Gasteiger partial charge in [-0.25, -0.2) is 23.2 Å². The number of carboxylic acid groups (broad SMARTS) is 1. The molecule has 0 amide bonds. The number of carbonyl (C=O) groups is 1. The fourth-order valence-electron chi connectivity index (χ4n) is 1.40. The molecule has 0 atom stereocenters. The third-order valence-corrected chi connectivity index (χ3v) is 3.99. The highest BCUT2D eigenvalue weighted by Crippen LogP contribution is 2.22. The smallest absolute Gasteiger partial charge is 0.337 e. The standard InChI is InChI=1S/C11H8ClN3O4S/c12-10-3-8(1-2-9(10)11(16)17)20(18,19)15-7-4-13-6-14-5-7/h1-6,15H,(H,16,17). The van der Waals surface area contributed by atoms with Gasteiger partial charge in [0.05, 0.1) is 33.6 Å². The summed E-state index contributed by atoms with van der Waals surface area (Å²) >= 11 is 5.74. The van der Waals surface area contributed by atoms with Gasteiger partial charge in [-0.05, 0) is 18.2 Å². The summed E-state index contributed by atoms with van der Waals surface area (Å²) in [5, 5.41) is 8.67. The van der Waals surface area contributed by atoms with E-state index in [1.165, 1.54) is 18.7 Å². The van der Waals surface area contributed by atoms with Gasteiger partial charge in [0, 0.05) is 0 Å². The van der Waals surface area contributed by atoms with E-state index in [9.17, 15) is 13.2 Å². The molecule has 1 heterocycles. The Labute approximate surface area is 119 Å². The number of hydrogen-bond acceptors (Lipinski definition) is 5. The Morgan fingerprint density at radius 2 is 1.90 bits per heavy atom. The van der Waals surface area contributed by atoms with Crippen molar-refractivity contribution >= 4 is 33.3 Å². The zero-order chi connectivity index (χ0) is 14.8. The summed E-state index contributed by atoms with van der Waals surface area (Å²) in [6, 6.07) is 3.35. The second-order valence-corrected chi connectivity index (χ2v) is 5.77. The summed E-state index contributed by atoms with van der Waals surface area (Å²) in [5.74, 6) is -1.23. The normalized spacial score (nSPS) is 11.1. The fraction of sp³-hybridized carbons (Fsp3) is 0. The van der Waals surface area contributed by atoms with E-state index in [2.05, 4.69) is 14.7 Å². The van der Waals surface area contributed by atoms with Gasteiger partial charge in [0.15, 0.2) is 0 Å². The molecule has 0 aliphatic carbocycles. The topological polar surface area (TPSA) is 109 Å². The highest BCUT2D eigenvalue weighted by molar-refractivity contribution is 7.92. The van der Waals surface area contributed by atoms with Crippen molar-refractivity contribution in [2.24, 2.45) is 0 Å². The average Bonchev–Trinajstić information content (AvgIpc) is 2.38. The second-order valence-electron chi connectivity index (χ2n) is 3.68. The summed E-state index contributed by atoms with van der Waals surface area (Å²) in [7, 11) is -3.89. The van der Waals surface area contributed by atoms with Gasteiger partial charge in [0.1, 0.15) is 6.33 Å². The average molecular weight is 314 g/mol. The molecule has 2 aromatic rings. The van der Waals surface area contributed by atoms with Gasteiger partial charge in [-0.15, -0.1) is 0 Å². The molecular weight excluding hydrogens is 306 g/mol. The van der Waals surface area contributed by atoms with E-state index in [1.54, 1.807) is 0 Å². The monoisotopic (exact) mass is 313 g/mol. The molecule has 0 saturated heterocycles. The predicted octanol–water partition coefficient (Wildman–Crippen LogP) is 1.63. The van der Waals surface area contributed by atoms with Crippen LogP contribution in [0.3, 0.4) is 0 Å². The van der Waals surface area contributed by atoms with Crippen LogP contribution in [0.25, 0.3) is 0 Å². The molecule has 9 heteroatoms. The Morgan fingerprint density at radius 3 is 2.45 bits per heavy atom. The lowest BCUT2D eigenvalue weighted by Crippen LogP contribution is -2.13. The minimum absolute atomic E-state index is 0.156. The van der Waals surface area contributed by atoms with Crippen molar-refractivity contribution in [2.75, 3.05) is 4.72 Å². The molecule has 0 aliphatic rings. The molecule has 0 fully saturated rings. The predicted molar refractivity (Wildman–Crippen MR) is 71.3 cm³/mol. The summed E-state index contributed by atoms with van der Waals surface area (Å²) in [5.41, 5.74) is 0.0135. The van der Waals surface area contributed by atoms with Crippen molar-refractivity contribution in [3.05, 3.63) is 47.5 Å². The van der Waals surface area contributed by atoms with Crippen LogP contribution in [0.5, 0.6) is 0 Å². The van der Waals surface area contributed by atoms with Crippen LogP contribution >= 0.6 is 11.6 Å². The van der Waals surface area contributed by atoms with E-state index in [1.807, 2.05) is 0 Å². The first-order valence-corrected chi connectivity index (χ1v) is 7.07. The number of aromatic carboxylic acids is 1. The first kappa shape index (κ1) is 14.2. The van der Waals surface area contributed by atoms with Crippen LogP contribution in [0.4, 0.5) is 5.69 Å². The minimum Gasteiger partial charge on any atom is -0.478 e. The minimum atomic E-state index is -3.89. The highest BCUT2D eigenvalue weighted by Gasteiger charge is 2.18. The molecule has 104 valence electrons. The maximum absolute atomic E-state index is 12.1. The molecule has 0 saturated carbocycles. The van der Waals surface area contributed by atoms with Crippen LogP contribution in [0.2, 0.25) is 5.02 Å². The maximum Gasteiger partial charge on any atom is 0.337 e. The lowest BCUT2D eigenvalue weighted by molar-refractivity contribution is 0.0697. The first-order valence-electron chi connectivity index (χ1n) is 5.21. The Hall–Kier alpha value is -2.19. The number of carboxylic acids is 1. The van der Waals surface area contributed by atoms with Gasteiger partial charge < -0.3 is 5.11 Å². The van der Waals surface area contributed by atoms with Crippen LogP contribution in [0.15, 0.2) is 41.8 Å². The van der Waals surface area contributed by atoms with Crippen molar-refractivity contribution in [3.63, 3.8) is 0 Å². The fourth-order valence-corrected chi connectivity index (χ4v) is 2.78. The van der Waals surface area contributed by atoms with Gasteiger partial charge in [0.25, 0.3) is 10.0 Å². The van der Waals surface area contributed by atoms with E-state index >= 15 is 0 Å². The van der Waals surface area contributed by atoms with Gasteiger partial charge in [0.2, 0.25) is 0 Å². The number of anilines is 1. The van der Waals surface area contributed by atoms with E-state index in [0.29, 0.717) is 0 Å². The number of hydrogen-bond donors (Lipinski definition) is 2. The van der Waals surface area contributed by atoms with E-state index in [4.69, 9.17) is 16.7 Å². The molecule has 2 rings (SSSR count). The number of benzene rings is 1. The van der Waals surface area contributed by atoms with E-state index < -0.39 is 16.0 Å². The maximum atomic E-state index is 12.1. The zero-order valence-corrected chi connectivity index (χ0v) is 11.4. The van der Waals surface area contributed by atoms with Crippen LogP contribution in [-0.4, -0.2) is 29.5 Å². The SMILES string of the molecule is O=C(O)c1ccc(S(=O)(=O)Nc2cncnc2)cc1Cl. The van der Waals surface area contributed by atoms with Crippen LogP contribution in [0.1, 0.15) is 10.4 Å². The van der Waals surface area contributed by atoms with Crippen molar-refractivity contribution in [2.45, 2.75) is 4.90 Å². The van der Waals surface area contributed by atoms with Crippen LogP contribution < -0.4 is 4.72 Å².